The van der Waals surface area contributed by atoms with Crippen LogP contribution in [0.5, 0.6) is 0 Å². The molecule has 0 aromatic rings. The average Bonchev–Trinajstić information content (AvgIpc) is 3.06. The van der Waals surface area contributed by atoms with Crippen LogP contribution in [0.2, 0.25) is 0 Å². The highest BCUT2D eigenvalue weighted by Crippen LogP contribution is 2.44. The van der Waals surface area contributed by atoms with E-state index < -0.39 is 60.1 Å². The van der Waals surface area contributed by atoms with Gasteiger partial charge in [-0.15, -0.1) is 0 Å². The minimum Gasteiger partial charge on any atom is -0.490 e. The van der Waals surface area contributed by atoms with Gasteiger partial charge < -0.3 is 38.3 Å². The van der Waals surface area contributed by atoms with E-state index in [0.29, 0.717) is 12.0 Å². The summed E-state index contributed by atoms with van der Waals surface area (Å²) in [4.78, 5) is 37.9. The molecule has 0 aromatic carbocycles. The molecule has 1 N–H and O–H groups in total. The van der Waals surface area contributed by atoms with Crippen LogP contribution in [0.25, 0.3) is 0 Å². The summed E-state index contributed by atoms with van der Waals surface area (Å²) >= 11 is 0. The molecule has 2 heterocycles. The molecule has 11 heteroatoms. The second-order valence-corrected chi connectivity index (χ2v) is 14.9. The van der Waals surface area contributed by atoms with Gasteiger partial charge in [-0.25, -0.2) is 4.79 Å². The van der Waals surface area contributed by atoms with Crippen molar-refractivity contribution in [1.82, 2.24) is 0 Å². The Labute approximate surface area is 305 Å². The Balaban J connectivity index is 2.61. The van der Waals surface area contributed by atoms with Crippen LogP contribution in [0, 0.1) is 35.5 Å². The molecule has 11 nitrogen and oxygen atoms in total. The minimum absolute atomic E-state index is 0.00203. The van der Waals surface area contributed by atoms with E-state index in [1.165, 1.54) is 35.2 Å². The summed E-state index contributed by atoms with van der Waals surface area (Å²) in [5.41, 5.74) is 1.77. The molecule has 1 fully saturated rings. The Hall–Kier alpha value is -2.99. The molecule has 51 heavy (non-hydrogen) atoms. The van der Waals surface area contributed by atoms with Gasteiger partial charge in [0.25, 0.3) is 0 Å². The molecule has 0 saturated carbocycles. The third kappa shape index (κ3) is 11.8. The highest BCUT2D eigenvalue weighted by molar-refractivity contribution is 5.87. The number of esters is 3. The van der Waals surface area contributed by atoms with E-state index in [0.717, 1.165) is 5.57 Å². The Bertz CT molecular complexity index is 1300. The van der Waals surface area contributed by atoms with Crippen LogP contribution in [0.3, 0.4) is 0 Å². The maximum absolute atomic E-state index is 13.8. The first kappa shape index (κ1) is 44.2. The molecule has 2 aliphatic heterocycles. The van der Waals surface area contributed by atoms with Crippen molar-refractivity contribution in [2.45, 2.75) is 131 Å². The minimum atomic E-state index is -1.31. The predicted molar refractivity (Wildman–Crippen MR) is 194 cm³/mol. The number of cyclic esters (lactones) is 1. The number of ether oxygens (including phenoxy) is 7. The lowest BCUT2D eigenvalue weighted by Gasteiger charge is -2.51. The average molecular weight is 721 g/mol. The first-order chi connectivity index (χ1) is 23.8. The molecule has 1 saturated heterocycles. The summed E-state index contributed by atoms with van der Waals surface area (Å²) < 4.78 is 41.8. The van der Waals surface area contributed by atoms with Crippen molar-refractivity contribution in [3.8, 4) is 0 Å². The molecule has 2 rings (SSSR count). The Morgan fingerprint density at radius 1 is 0.980 bits per heavy atom. The van der Waals surface area contributed by atoms with Gasteiger partial charge in [0.05, 0.1) is 19.3 Å². The molecule has 12 atom stereocenters. The first-order valence-electron chi connectivity index (χ1n) is 18.1. The van der Waals surface area contributed by atoms with Gasteiger partial charge in [-0.1, -0.05) is 83.9 Å². The molecule has 2 aliphatic rings. The lowest BCUT2D eigenvalue weighted by molar-refractivity contribution is -0.339. The molecule has 0 radical (unpaired) electrons. The number of methoxy groups -OCH3 is 3. The summed E-state index contributed by atoms with van der Waals surface area (Å²) in [5.74, 6) is -4.44. The fraction of sp³-hybridized carbons (Fsp3) is 0.725. The predicted octanol–water partition coefficient (Wildman–Crippen LogP) is 6.49. The smallest absolute Gasteiger partial charge is 0.373 e. The van der Waals surface area contributed by atoms with E-state index in [1.807, 2.05) is 73.6 Å². The van der Waals surface area contributed by atoms with Crippen LogP contribution in [-0.4, -0.2) is 86.8 Å². The van der Waals surface area contributed by atoms with Gasteiger partial charge in [0, 0.05) is 58.2 Å². The van der Waals surface area contributed by atoms with Gasteiger partial charge in [0.15, 0.2) is 5.79 Å². The van der Waals surface area contributed by atoms with Crippen molar-refractivity contribution >= 4 is 17.9 Å². The van der Waals surface area contributed by atoms with Gasteiger partial charge in [0.2, 0.25) is 5.76 Å². The molecule has 0 unspecified atom stereocenters. The standard InChI is InChI=1S/C40H64O11/c1-22(2)36-27(7)34(48-30(10)41)21-40(47-14,51-36)29(9)35(43)28(8)38-32(45-12)17-15-16-23(3)18-25(5)37(49-31(11)42)26(6)19-24(4)20-33(46-13)39(44)50-38/h15-17,19-20,22,25-29,32,34-38,43H,18,21H2,1-14H3/b17-15+,23-16+,24-19+,33-20-/t25-,26-,27+,28-,29+,32-,34-,35+,36-,37-,38+,40-/m1/s1. The van der Waals surface area contributed by atoms with E-state index in [1.54, 1.807) is 19.1 Å². The van der Waals surface area contributed by atoms with Crippen LogP contribution in [0.15, 0.2) is 47.3 Å². The lowest BCUT2D eigenvalue weighted by Crippen LogP contribution is -2.60. The number of hydrogen-bond acceptors (Lipinski definition) is 11. The maximum Gasteiger partial charge on any atom is 0.373 e. The molecular weight excluding hydrogens is 656 g/mol. The Kier molecular flexibility index (Phi) is 17.1. The number of hydrogen-bond donors (Lipinski definition) is 1. The number of carbonyl (C=O) groups excluding carboxylic acids is 3. The third-order valence-electron chi connectivity index (χ3n) is 10.4. The van der Waals surface area contributed by atoms with E-state index in [4.69, 9.17) is 33.2 Å². The van der Waals surface area contributed by atoms with E-state index in [2.05, 4.69) is 0 Å². The largest absolute Gasteiger partial charge is 0.490 e. The van der Waals surface area contributed by atoms with Crippen LogP contribution in [0.4, 0.5) is 0 Å². The zero-order valence-corrected chi connectivity index (χ0v) is 33.3. The van der Waals surface area contributed by atoms with Crippen molar-refractivity contribution in [2.75, 3.05) is 21.3 Å². The van der Waals surface area contributed by atoms with Crippen molar-refractivity contribution in [3.63, 3.8) is 0 Å². The molecular formula is C40H64O11. The van der Waals surface area contributed by atoms with E-state index in [9.17, 15) is 19.5 Å². The molecule has 290 valence electrons. The fourth-order valence-electron chi connectivity index (χ4n) is 7.59. The monoisotopic (exact) mass is 720 g/mol. The van der Waals surface area contributed by atoms with Gasteiger partial charge in [-0.05, 0) is 38.2 Å². The van der Waals surface area contributed by atoms with Crippen LogP contribution in [-0.2, 0) is 47.5 Å². The van der Waals surface area contributed by atoms with Gasteiger partial charge >= 0.3 is 17.9 Å². The summed E-state index contributed by atoms with van der Waals surface area (Å²) in [5, 5.41) is 12.1. The third-order valence-corrected chi connectivity index (χ3v) is 10.4. The van der Waals surface area contributed by atoms with Crippen molar-refractivity contribution < 1.29 is 52.6 Å². The number of rotatable bonds is 10. The first-order valence-corrected chi connectivity index (χ1v) is 18.1. The number of allylic oxidation sites excluding steroid dienone is 5. The fourth-order valence-corrected chi connectivity index (χ4v) is 7.59. The SMILES string of the molecule is CO/C1=C\C(C)=C\[C@@H](C)[C@H](OC(C)=O)[C@H](C)C/C(C)=C/C=C/[C@@H](OC)[C@H]([C@H](C)[C@H](O)[C@H](C)[C@@]2(OC)C[C@@H](OC(C)=O)[C@H](C)[C@@H](C(C)C)O2)OC1=O. The quantitative estimate of drug-likeness (QED) is 0.196. The van der Waals surface area contributed by atoms with Gasteiger partial charge in [-0.2, -0.15) is 0 Å². The highest BCUT2D eigenvalue weighted by Gasteiger charge is 2.54. The molecule has 0 aromatic heterocycles. The number of carbonyl (C=O) groups is 3. The summed E-state index contributed by atoms with van der Waals surface area (Å²) in [6, 6.07) is 0. The summed E-state index contributed by atoms with van der Waals surface area (Å²) in [7, 11) is 4.42. The summed E-state index contributed by atoms with van der Waals surface area (Å²) in [6.07, 6.45) is 5.88. The van der Waals surface area contributed by atoms with E-state index in [-0.39, 0.29) is 47.9 Å². The number of aliphatic hydroxyl groups is 1. The second kappa shape index (κ2) is 19.7. The topological polar surface area (TPSA) is 136 Å². The molecule has 0 spiro atoms. The van der Waals surface area contributed by atoms with Crippen LogP contribution >= 0.6 is 0 Å². The Morgan fingerprint density at radius 3 is 2.14 bits per heavy atom. The highest BCUT2D eigenvalue weighted by atomic mass is 16.7. The zero-order chi connectivity index (χ0) is 38.8. The molecule has 0 amide bonds. The zero-order valence-electron chi connectivity index (χ0n) is 33.3. The molecule has 0 bridgehead atoms. The van der Waals surface area contributed by atoms with Crippen LogP contribution in [0.1, 0.15) is 89.0 Å². The Morgan fingerprint density at radius 2 is 1.61 bits per heavy atom. The maximum atomic E-state index is 13.8. The second-order valence-electron chi connectivity index (χ2n) is 14.9. The number of aliphatic hydroxyl groups excluding tert-OH is 1. The van der Waals surface area contributed by atoms with Crippen molar-refractivity contribution in [3.05, 3.63) is 47.3 Å². The summed E-state index contributed by atoms with van der Waals surface area (Å²) in [6.45, 7) is 20.3. The lowest BCUT2D eigenvalue weighted by atomic mass is 9.76. The van der Waals surface area contributed by atoms with Gasteiger partial charge in [0.1, 0.15) is 24.4 Å². The normalized spacial score (nSPS) is 36.9. The van der Waals surface area contributed by atoms with Crippen molar-refractivity contribution in [1.29, 1.82) is 0 Å². The van der Waals surface area contributed by atoms with E-state index >= 15 is 0 Å². The molecule has 0 aliphatic carbocycles. The van der Waals surface area contributed by atoms with Crippen LogP contribution < -0.4 is 0 Å². The van der Waals surface area contributed by atoms with Gasteiger partial charge in [-0.3, -0.25) is 9.59 Å². The van der Waals surface area contributed by atoms with Crippen molar-refractivity contribution in [2.24, 2.45) is 35.5 Å².